The van der Waals surface area contributed by atoms with Crippen molar-refractivity contribution in [3.63, 3.8) is 0 Å². The average molecular weight is 259 g/mol. The highest BCUT2D eigenvalue weighted by atomic mass is 16.5. The largest absolute Gasteiger partial charge is 0.502 e. The number of amides is 2. The van der Waals surface area contributed by atoms with Gasteiger partial charge in [0, 0.05) is 6.54 Å². The molecule has 2 amide bonds. The molecule has 1 aromatic rings. The van der Waals surface area contributed by atoms with Crippen molar-refractivity contribution in [3.8, 4) is 5.75 Å². The summed E-state index contributed by atoms with van der Waals surface area (Å²) in [5.74, 6) is -1.12. The first-order chi connectivity index (χ1) is 9.10. The van der Waals surface area contributed by atoms with E-state index in [2.05, 4.69) is 6.58 Å². The molecule has 0 unspecified atom stereocenters. The van der Waals surface area contributed by atoms with Gasteiger partial charge >= 0.3 is 0 Å². The number of imide groups is 1. The Morgan fingerprint density at radius 1 is 1.26 bits per heavy atom. The molecule has 0 aromatic heterocycles. The van der Waals surface area contributed by atoms with Gasteiger partial charge in [0.2, 0.25) is 0 Å². The zero-order valence-corrected chi connectivity index (χ0v) is 10.4. The number of aliphatic hydroxyl groups excluding tert-OH is 1. The summed E-state index contributed by atoms with van der Waals surface area (Å²) in [6.07, 6.45) is 1.43. The van der Waals surface area contributed by atoms with Crippen LogP contribution in [0, 0.1) is 0 Å². The van der Waals surface area contributed by atoms with Crippen LogP contribution in [0.4, 0.5) is 0 Å². The molecular weight excluding hydrogens is 246 g/mol. The third kappa shape index (κ3) is 2.10. The Kier molecular flexibility index (Phi) is 3.37. The van der Waals surface area contributed by atoms with Crippen molar-refractivity contribution in [1.82, 2.24) is 4.90 Å². The molecule has 1 N–H and O–H groups in total. The number of carbonyl (C=O) groups excluding carboxylic acids is 2. The van der Waals surface area contributed by atoms with Crippen molar-refractivity contribution in [1.29, 1.82) is 0 Å². The minimum atomic E-state index is -0.698. The normalized spacial score (nSPS) is 15.1. The fourth-order valence-electron chi connectivity index (χ4n) is 1.88. The first kappa shape index (κ1) is 12.9. The molecule has 5 nitrogen and oxygen atoms in total. The van der Waals surface area contributed by atoms with E-state index in [4.69, 9.17) is 4.74 Å². The Hall–Kier alpha value is -2.56. The summed E-state index contributed by atoms with van der Waals surface area (Å²) in [6.45, 7) is 3.55. The summed E-state index contributed by atoms with van der Waals surface area (Å²) in [5.41, 5.74) is 0.484. The number of hydrogen-bond donors (Lipinski definition) is 1. The Labute approximate surface area is 110 Å². The molecular formula is C14H13NO4. The third-order valence-corrected chi connectivity index (χ3v) is 2.83. The summed E-state index contributed by atoms with van der Waals surface area (Å²) >= 11 is 0. The number of methoxy groups -OCH3 is 1. The molecule has 1 aromatic carbocycles. The first-order valence-corrected chi connectivity index (χ1v) is 5.65. The van der Waals surface area contributed by atoms with Crippen molar-refractivity contribution in [2.24, 2.45) is 0 Å². The van der Waals surface area contributed by atoms with Gasteiger partial charge in [0.25, 0.3) is 11.8 Å². The predicted octanol–water partition coefficient (Wildman–Crippen LogP) is 1.52. The lowest BCUT2D eigenvalue weighted by Gasteiger charge is -2.11. The van der Waals surface area contributed by atoms with Gasteiger partial charge in [-0.15, -0.1) is 6.58 Å². The van der Waals surface area contributed by atoms with Crippen LogP contribution in [0.25, 0.3) is 5.57 Å². The summed E-state index contributed by atoms with van der Waals surface area (Å²) in [5, 5.41) is 9.81. The van der Waals surface area contributed by atoms with Crippen LogP contribution in [0.2, 0.25) is 0 Å². The van der Waals surface area contributed by atoms with Gasteiger partial charge in [-0.2, -0.15) is 0 Å². The number of carbonyl (C=O) groups is 2. The van der Waals surface area contributed by atoms with Crippen LogP contribution in [0.15, 0.2) is 42.7 Å². The number of ether oxygens (including phenoxy) is 1. The zero-order valence-electron chi connectivity index (χ0n) is 10.4. The van der Waals surface area contributed by atoms with E-state index in [-0.39, 0.29) is 12.1 Å². The van der Waals surface area contributed by atoms with Crippen LogP contribution in [-0.4, -0.2) is 35.5 Å². The topological polar surface area (TPSA) is 66.8 Å². The standard InChI is InChI=1S/C14H13NO4/c1-3-8-15-13(17)11(12(16)14(15)18)9-4-6-10(19-2)7-5-9/h3-7,16H,1,8H2,2H3. The maximum Gasteiger partial charge on any atom is 0.296 e. The van der Waals surface area contributed by atoms with Crippen LogP contribution in [0.1, 0.15) is 5.56 Å². The molecule has 1 aliphatic rings. The highest BCUT2D eigenvalue weighted by Crippen LogP contribution is 2.28. The number of rotatable bonds is 4. The van der Waals surface area contributed by atoms with E-state index in [1.807, 2.05) is 0 Å². The van der Waals surface area contributed by atoms with Gasteiger partial charge < -0.3 is 9.84 Å². The molecule has 0 spiro atoms. The predicted molar refractivity (Wildman–Crippen MR) is 69.5 cm³/mol. The quantitative estimate of drug-likeness (QED) is 0.657. The lowest BCUT2D eigenvalue weighted by atomic mass is 10.1. The maximum atomic E-state index is 12.1. The molecule has 1 heterocycles. The highest BCUT2D eigenvalue weighted by molar-refractivity contribution is 6.34. The molecule has 0 atom stereocenters. The number of benzene rings is 1. The van der Waals surface area contributed by atoms with E-state index in [0.29, 0.717) is 11.3 Å². The molecule has 0 radical (unpaired) electrons. The number of nitrogens with zero attached hydrogens (tertiary/aromatic N) is 1. The van der Waals surface area contributed by atoms with Crippen molar-refractivity contribution < 1.29 is 19.4 Å². The first-order valence-electron chi connectivity index (χ1n) is 5.65. The molecule has 2 rings (SSSR count). The van der Waals surface area contributed by atoms with Gasteiger partial charge in [-0.3, -0.25) is 14.5 Å². The second kappa shape index (κ2) is 4.97. The van der Waals surface area contributed by atoms with Gasteiger partial charge in [0.15, 0.2) is 5.76 Å². The van der Waals surface area contributed by atoms with Gasteiger partial charge in [-0.1, -0.05) is 18.2 Å². The summed E-state index contributed by atoms with van der Waals surface area (Å²) in [4.78, 5) is 24.8. The van der Waals surface area contributed by atoms with Crippen LogP contribution >= 0.6 is 0 Å². The van der Waals surface area contributed by atoms with Crippen LogP contribution in [0.3, 0.4) is 0 Å². The van der Waals surface area contributed by atoms with Crippen molar-refractivity contribution in [2.75, 3.05) is 13.7 Å². The van der Waals surface area contributed by atoms with Gasteiger partial charge in [-0.05, 0) is 17.7 Å². The molecule has 5 heteroatoms. The monoisotopic (exact) mass is 259 g/mol. The van der Waals surface area contributed by atoms with E-state index in [1.165, 1.54) is 13.2 Å². The van der Waals surface area contributed by atoms with Gasteiger partial charge in [0.05, 0.1) is 12.7 Å². The average Bonchev–Trinajstić information content (AvgIpc) is 2.64. The van der Waals surface area contributed by atoms with E-state index in [9.17, 15) is 14.7 Å². The Bertz CT molecular complexity index is 572. The fourth-order valence-corrected chi connectivity index (χ4v) is 1.88. The summed E-state index contributed by atoms with van der Waals surface area (Å²) in [6, 6.07) is 6.55. The van der Waals surface area contributed by atoms with Crippen molar-refractivity contribution in [2.45, 2.75) is 0 Å². The smallest absolute Gasteiger partial charge is 0.296 e. The Morgan fingerprint density at radius 2 is 1.89 bits per heavy atom. The second-order valence-electron chi connectivity index (χ2n) is 3.96. The van der Waals surface area contributed by atoms with E-state index < -0.39 is 17.6 Å². The fraction of sp³-hybridized carbons (Fsp3) is 0.143. The van der Waals surface area contributed by atoms with Crippen LogP contribution in [0.5, 0.6) is 5.75 Å². The zero-order chi connectivity index (χ0) is 14.0. The molecule has 0 bridgehead atoms. The van der Waals surface area contributed by atoms with E-state index >= 15 is 0 Å². The lowest BCUT2D eigenvalue weighted by Crippen LogP contribution is -2.31. The lowest BCUT2D eigenvalue weighted by molar-refractivity contribution is -0.137. The molecule has 19 heavy (non-hydrogen) atoms. The minimum Gasteiger partial charge on any atom is -0.502 e. The SMILES string of the molecule is C=CCN1C(=O)C(O)=C(c2ccc(OC)cc2)C1=O. The van der Waals surface area contributed by atoms with Crippen LogP contribution < -0.4 is 4.74 Å². The van der Waals surface area contributed by atoms with Crippen LogP contribution in [-0.2, 0) is 9.59 Å². The minimum absolute atomic E-state index is 0.00880. The maximum absolute atomic E-state index is 12.1. The van der Waals surface area contributed by atoms with E-state index in [0.717, 1.165) is 4.90 Å². The highest BCUT2D eigenvalue weighted by Gasteiger charge is 2.38. The van der Waals surface area contributed by atoms with Gasteiger partial charge in [0.1, 0.15) is 5.75 Å². The molecule has 0 saturated carbocycles. The Morgan fingerprint density at radius 3 is 2.42 bits per heavy atom. The molecule has 0 fully saturated rings. The molecule has 98 valence electrons. The third-order valence-electron chi connectivity index (χ3n) is 2.83. The molecule has 0 saturated heterocycles. The summed E-state index contributed by atoms with van der Waals surface area (Å²) < 4.78 is 5.01. The Balaban J connectivity index is 2.40. The number of hydrogen-bond acceptors (Lipinski definition) is 4. The van der Waals surface area contributed by atoms with E-state index in [1.54, 1.807) is 24.3 Å². The molecule has 1 aliphatic heterocycles. The molecule has 0 aliphatic carbocycles. The number of aliphatic hydroxyl groups is 1. The summed E-state index contributed by atoms with van der Waals surface area (Å²) in [7, 11) is 1.53. The van der Waals surface area contributed by atoms with Gasteiger partial charge in [-0.25, -0.2) is 0 Å². The van der Waals surface area contributed by atoms with Crippen molar-refractivity contribution in [3.05, 3.63) is 48.2 Å². The second-order valence-corrected chi connectivity index (χ2v) is 3.96. The van der Waals surface area contributed by atoms with Crippen molar-refractivity contribution >= 4 is 17.4 Å².